The zero-order valence-electron chi connectivity index (χ0n) is 12.1. The van der Waals surface area contributed by atoms with Crippen LogP contribution in [0.25, 0.3) is 10.2 Å². The van der Waals surface area contributed by atoms with Gasteiger partial charge < -0.3 is 10.6 Å². The molecule has 3 heterocycles. The highest BCUT2D eigenvalue weighted by Crippen LogP contribution is 2.36. The van der Waals surface area contributed by atoms with E-state index in [0.717, 1.165) is 21.5 Å². The van der Waals surface area contributed by atoms with Crippen molar-refractivity contribution in [3.05, 3.63) is 51.6 Å². The molecule has 5 nitrogen and oxygen atoms in total. The Balaban J connectivity index is 1.68. The van der Waals surface area contributed by atoms with Gasteiger partial charge >= 0.3 is 0 Å². The Hall–Kier alpha value is -2.18. The molecular weight excluding hydrogens is 332 g/mol. The number of hydrogen-bond acceptors (Lipinski definition) is 5. The molecule has 0 saturated heterocycles. The van der Waals surface area contributed by atoms with Crippen LogP contribution in [0.15, 0.2) is 30.6 Å². The number of anilines is 1. The molecular formula is C16H13ClN4OS. The number of halogens is 1. The van der Waals surface area contributed by atoms with Crippen LogP contribution in [0.3, 0.4) is 0 Å². The average Bonchev–Trinajstić information content (AvgIpc) is 2.93. The molecule has 0 saturated carbocycles. The van der Waals surface area contributed by atoms with Gasteiger partial charge in [-0.3, -0.25) is 4.79 Å². The van der Waals surface area contributed by atoms with Crippen LogP contribution < -0.4 is 5.73 Å². The fourth-order valence-corrected chi connectivity index (χ4v) is 4.33. The molecule has 0 fully saturated rings. The van der Waals surface area contributed by atoms with Crippen LogP contribution in [0.5, 0.6) is 0 Å². The second-order valence-corrected chi connectivity index (χ2v) is 6.95. The first-order chi connectivity index (χ1) is 11.1. The second-order valence-electron chi connectivity index (χ2n) is 5.43. The summed E-state index contributed by atoms with van der Waals surface area (Å²) in [5.74, 6) is 0.511. The molecule has 0 unspecified atom stereocenters. The summed E-state index contributed by atoms with van der Waals surface area (Å²) in [7, 11) is 0. The Morgan fingerprint density at radius 1 is 1.35 bits per heavy atom. The van der Waals surface area contributed by atoms with E-state index >= 15 is 0 Å². The van der Waals surface area contributed by atoms with Gasteiger partial charge in [0.1, 0.15) is 17.0 Å². The first-order valence-corrected chi connectivity index (χ1v) is 8.38. The molecule has 0 aliphatic carbocycles. The van der Waals surface area contributed by atoms with Crippen LogP contribution in [0, 0.1) is 0 Å². The van der Waals surface area contributed by atoms with Crippen LogP contribution >= 0.6 is 22.9 Å². The third-order valence-corrected chi connectivity index (χ3v) is 5.38. The van der Waals surface area contributed by atoms with Crippen LogP contribution in [-0.4, -0.2) is 27.3 Å². The maximum absolute atomic E-state index is 12.7. The molecule has 2 N–H and O–H groups in total. The van der Waals surface area contributed by atoms with E-state index in [9.17, 15) is 4.79 Å². The van der Waals surface area contributed by atoms with Gasteiger partial charge in [0.2, 0.25) is 0 Å². The van der Waals surface area contributed by atoms with Crippen molar-refractivity contribution in [1.29, 1.82) is 0 Å². The van der Waals surface area contributed by atoms with Gasteiger partial charge in [-0.1, -0.05) is 17.7 Å². The summed E-state index contributed by atoms with van der Waals surface area (Å²) in [4.78, 5) is 24.9. The summed E-state index contributed by atoms with van der Waals surface area (Å²) in [6.45, 7) is 1.22. The molecule has 116 valence electrons. The fraction of sp³-hybridized carbons (Fsp3) is 0.188. The molecule has 3 aromatic rings. The van der Waals surface area contributed by atoms with Gasteiger partial charge in [0.15, 0.2) is 0 Å². The highest BCUT2D eigenvalue weighted by molar-refractivity contribution is 7.19. The topological polar surface area (TPSA) is 72.1 Å². The fourth-order valence-electron chi connectivity index (χ4n) is 2.93. The smallest absolute Gasteiger partial charge is 0.254 e. The predicted octanol–water partition coefficient (Wildman–Crippen LogP) is 3.13. The van der Waals surface area contributed by atoms with Gasteiger partial charge in [-0.05, 0) is 30.2 Å². The van der Waals surface area contributed by atoms with Crippen molar-refractivity contribution in [2.45, 2.75) is 13.0 Å². The van der Waals surface area contributed by atoms with Crippen molar-refractivity contribution in [3.8, 4) is 0 Å². The Morgan fingerprint density at radius 3 is 3.04 bits per heavy atom. The molecule has 0 spiro atoms. The van der Waals surface area contributed by atoms with Crippen molar-refractivity contribution < 1.29 is 4.79 Å². The number of carbonyl (C=O) groups excluding carboxylic acids is 1. The summed E-state index contributed by atoms with van der Waals surface area (Å²) in [6, 6.07) is 7.05. The standard InChI is InChI=1S/C16H13ClN4OS/c17-10-3-1-2-9(6-10)16(22)21-5-4-11-12(7-21)23-15-13(11)14(18)19-8-20-15/h1-3,6,8H,4-5,7H2,(H2,18,19,20). The molecule has 1 aromatic carbocycles. The second kappa shape index (κ2) is 5.47. The van der Waals surface area contributed by atoms with Crippen molar-refractivity contribution in [2.75, 3.05) is 12.3 Å². The number of nitrogens with zero attached hydrogens (tertiary/aromatic N) is 3. The number of hydrogen-bond donors (Lipinski definition) is 1. The van der Waals surface area contributed by atoms with E-state index in [1.807, 2.05) is 4.90 Å². The van der Waals surface area contributed by atoms with Crippen LogP contribution in [-0.2, 0) is 13.0 Å². The third kappa shape index (κ3) is 2.44. The van der Waals surface area contributed by atoms with Gasteiger partial charge in [0.25, 0.3) is 5.91 Å². The zero-order chi connectivity index (χ0) is 16.0. The van der Waals surface area contributed by atoms with Gasteiger partial charge in [-0.25, -0.2) is 9.97 Å². The van der Waals surface area contributed by atoms with E-state index in [2.05, 4.69) is 9.97 Å². The largest absolute Gasteiger partial charge is 0.383 e. The summed E-state index contributed by atoms with van der Waals surface area (Å²) in [5, 5.41) is 1.51. The van der Waals surface area contributed by atoms with E-state index in [4.69, 9.17) is 17.3 Å². The average molecular weight is 345 g/mol. The number of rotatable bonds is 1. The van der Waals surface area contributed by atoms with Gasteiger partial charge in [0.05, 0.1) is 11.9 Å². The van der Waals surface area contributed by atoms with Crippen molar-refractivity contribution in [1.82, 2.24) is 14.9 Å². The number of nitrogen functional groups attached to an aromatic ring is 1. The van der Waals surface area contributed by atoms with Gasteiger partial charge in [-0.2, -0.15) is 0 Å². The van der Waals surface area contributed by atoms with E-state index < -0.39 is 0 Å². The molecule has 1 amide bonds. The van der Waals surface area contributed by atoms with E-state index in [1.165, 1.54) is 11.9 Å². The zero-order valence-corrected chi connectivity index (χ0v) is 13.7. The molecule has 4 rings (SSSR count). The summed E-state index contributed by atoms with van der Waals surface area (Å²) in [5.41, 5.74) is 7.78. The Bertz CT molecular complexity index is 924. The maximum atomic E-state index is 12.7. The summed E-state index contributed by atoms with van der Waals surface area (Å²) < 4.78 is 0. The minimum Gasteiger partial charge on any atom is -0.383 e. The summed E-state index contributed by atoms with van der Waals surface area (Å²) >= 11 is 7.56. The minimum absolute atomic E-state index is 0.00494. The van der Waals surface area contributed by atoms with Crippen LogP contribution in [0.1, 0.15) is 20.8 Å². The highest BCUT2D eigenvalue weighted by atomic mass is 35.5. The molecule has 0 bridgehead atoms. The molecule has 0 radical (unpaired) electrons. The van der Waals surface area contributed by atoms with Crippen molar-refractivity contribution in [2.24, 2.45) is 0 Å². The van der Waals surface area contributed by atoms with Crippen molar-refractivity contribution in [3.63, 3.8) is 0 Å². The number of carbonyl (C=O) groups is 1. The van der Waals surface area contributed by atoms with Crippen LogP contribution in [0.2, 0.25) is 5.02 Å². The molecule has 1 aliphatic rings. The maximum Gasteiger partial charge on any atom is 0.254 e. The molecule has 7 heteroatoms. The number of thiophene rings is 1. The third-order valence-electron chi connectivity index (χ3n) is 4.03. The molecule has 0 atom stereocenters. The number of amides is 1. The van der Waals surface area contributed by atoms with E-state index in [0.29, 0.717) is 29.5 Å². The first-order valence-electron chi connectivity index (χ1n) is 7.19. The monoisotopic (exact) mass is 344 g/mol. The number of fused-ring (bicyclic) bond motifs is 3. The number of nitrogens with two attached hydrogens (primary N) is 1. The molecule has 23 heavy (non-hydrogen) atoms. The molecule has 2 aromatic heterocycles. The van der Waals surface area contributed by atoms with Crippen LogP contribution in [0.4, 0.5) is 5.82 Å². The lowest BCUT2D eigenvalue weighted by atomic mass is 10.0. The first kappa shape index (κ1) is 14.4. The number of benzene rings is 1. The predicted molar refractivity (Wildman–Crippen MR) is 91.7 cm³/mol. The number of aromatic nitrogens is 2. The quantitative estimate of drug-likeness (QED) is 0.736. The highest BCUT2D eigenvalue weighted by Gasteiger charge is 2.26. The van der Waals surface area contributed by atoms with E-state index in [1.54, 1.807) is 35.6 Å². The Morgan fingerprint density at radius 2 is 2.22 bits per heavy atom. The van der Waals surface area contributed by atoms with Gasteiger partial charge in [0, 0.05) is 22.0 Å². The Labute approximate surface area is 141 Å². The van der Waals surface area contributed by atoms with Crippen molar-refractivity contribution >= 4 is 44.9 Å². The minimum atomic E-state index is -0.00494. The lowest BCUT2D eigenvalue weighted by Crippen LogP contribution is -2.35. The lowest BCUT2D eigenvalue weighted by molar-refractivity contribution is 0.0737. The molecule has 1 aliphatic heterocycles. The lowest BCUT2D eigenvalue weighted by Gasteiger charge is -2.27. The summed E-state index contributed by atoms with van der Waals surface area (Å²) in [6.07, 6.45) is 2.24. The van der Waals surface area contributed by atoms with E-state index in [-0.39, 0.29) is 5.91 Å². The normalized spacial score (nSPS) is 14.0. The Kier molecular flexibility index (Phi) is 3.43. The van der Waals surface area contributed by atoms with Gasteiger partial charge in [-0.15, -0.1) is 11.3 Å². The SMILES string of the molecule is Nc1ncnc2sc3c(c12)CCN(C(=O)c1cccc(Cl)c1)C3.